The van der Waals surface area contributed by atoms with Crippen molar-refractivity contribution >= 4 is 9.84 Å². The molecule has 5 nitrogen and oxygen atoms in total. The molecule has 1 heterocycles. The lowest BCUT2D eigenvalue weighted by Crippen LogP contribution is -2.42. The van der Waals surface area contributed by atoms with E-state index in [0.717, 1.165) is 18.4 Å². The van der Waals surface area contributed by atoms with Crippen LogP contribution in [-0.2, 0) is 9.84 Å². The highest BCUT2D eigenvalue weighted by Gasteiger charge is 2.48. The topological polar surface area (TPSA) is 83.8 Å². The van der Waals surface area contributed by atoms with Crippen LogP contribution in [0.15, 0.2) is 47.4 Å². The van der Waals surface area contributed by atoms with Gasteiger partial charge in [-0.2, -0.15) is 0 Å². The van der Waals surface area contributed by atoms with Crippen molar-refractivity contribution in [2.24, 2.45) is 5.41 Å². The highest BCUT2D eigenvalue weighted by atomic mass is 32.2. The maximum atomic E-state index is 13.4. The lowest BCUT2D eigenvalue weighted by molar-refractivity contribution is 0.0173. The minimum atomic E-state index is -3.60. The Morgan fingerprint density at radius 1 is 1.14 bits per heavy atom. The molecule has 158 valence electrons. The molecule has 1 unspecified atom stereocenters. The van der Waals surface area contributed by atoms with Gasteiger partial charge in [-0.05, 0) is 54.3 Å². The first-order valence-corrected chi connectivity index (χ1v) is 11.8. The van der Waals surface area contributed by atoms with Crippen molar-refractivity contribution in [1.29, 1.82) is 0 Å². The molecule has 2 aromatic rings. The number of hydrogen-bond acceptors (Lipinski definition) is 5. The lowest BCUT2D eigenvalue weighted by Gasteiger charge is -2.39. The molecule has 0 fully saturated rings. The van der Waals surface area contributed by atoms with Crippen LogP contribution in [0.3, 0.4) is 0 Å². The number of aliphatic hydroxyl groups is 1. The molecular formula is C23H30O5S. The second-order valence-corrected chi connectivity index (χ2v) is 9.95. The molecule has 1 aliphatic rings. The number of aromatic hydroxyl groups is 1. The summed E-state index contributed by atoms with van der Waals surface area (Å²) in [5.74, 6) is 0.0660. The zero-order chi connectivity index (χ0) is 21.2. The van der Waals surface area contributed by atoms with E-state index >= 15 is 0 Å². The van der Waals surface area contributed by atoms with Crippen molar-refractivity contribution in [3.05, 3.63) is 53.6 Å². The average molecular weight is 419 g/mol. The number of phenolic OH excluding ortho intramolecular Hbond substituents is 1. The largest absolute Gasteiger partial charge is 0.508 e. The number of rotatable bonds is 6. The molecule has 0 saturated carbocycles. The fourth-order valence-corrected chi connectivity index (χ4v) is 6.78. The highest BCUT2D eigenvalue weighted by Crippen LogP contribution is 2.49. The monoisotopic (exact) mass is 418 g/mol. The Morgan fingerprint density at radius 3 is 2.41 bits per heavy atom. The van der Waals surface area contributed by atoms with Crippen LogP contribution in [0, 0.1) is 5.41 Å². The van der Waals surface area contributed by atoms with E-state index < -0.39 is 27.3 Å². The van der Waals surface area contributed by atoms with Gasteiger partial charge in [0.2, 0.25) is 0 Å². The summed E-state index contributed by atoms with van der Waals surface area (Å²) in [5, 5.41) is 21.4. The Kier molecular flexibility index (Phi) is 6.24. The van der Waals surface area contributed by atoms with Crippen LogP contribution in [0.25, 0.3) is 0 Å². The lowest BCUT2D eigenvalue weighted by atomic mass is 9.69. The number of sulfone groups is 1. The van der Waals surface area contributed by atoms with Crippen molar-refractivity contribution in [1.82, 2.24) is 0 Å². The van der Waals surface area contributed by atoms with E-state index in [0.29, 0.717) is 24.2 Å². The first-order chi connectivity index (χ1) is 13.8. The maximum absolute atomic E-state index is 13.4. The molecule has 0 aliphatic carbocycles. The van der Waals surface area contributed by atoms with Crippen LogP contribution in [0.1, 0.15) is 56.6 Å². The van der Waals surface area contributed by atoms with Gasteiger partial charge in [0.15, 0.2) is 9.84 Å². The van der Waals surface area contributed by atoms with E-state index in [2.05, 4.69) is 6.92 Å². The molecule has 2 N–H and O–H groups in total. The predicted octanol–water partition coefficient (Wildman–Crippen LogP) is 4.27. The van der Waals surface area contributed by atoms with Gasteiger partial charge in [0.05, 0.1) is 23.9 Å². The number of ether oxygens (including phenoxy) is 1. The van der Waals surface area contributed by atoms with Crippen molar-refractivity contribution < 1.29 is 23.4 Å². The minimum absolute atomic E-state index is 0.0778. The van der Waals surface area contributed by atoms with Crippen LogP contribution in [0.2, 0.25) is 0 Å². The second-order valence-electron chi connectivity index (χ2n) is 8.00. The van der Waals surface area contributed by atoms with Gasteiger partial charge in [-0.3, -0.25) is 0 Å². The van der Waals surface area contributed by atoms with Crippen LogP contribution in [0.5, 0.6) is 11.5 Å². The van der Waals surface area contributed by atoms with Crippen LogP contribution < -0.4 is 4.74 Å². The molecule has 0 radical (unpaired) electrons. The number of methoxy groups -OCH3 is 1. The molecule has 3 rings (SSSR count). The molecular weight excluding hydrogens is 388 g/mol. The molecule has 0 bridgehead atoms. The van der Waals surface area contributed by atoms with Gasteiger partial charge in [-0.25, -0.2) is 8.42 Å². The first-order valence-electron chi connectivity index (χ1n) is 10.2. The van der Waals surface area contributed by atoms with Gasteiger partial charge in [0, 0.05) is 11.3 Å². The third kappa shape index (κ3) is 4.01. The average Bonchev–Trinajstić information content (AvgIpc) is 2.78. The predicted molar refractivity (Wildman–Crippen MR) is 113 cm³/mol. The molecule has 0 spiro atoms. The molecule has 2 aromatic carbocycles. The van der Waals surface area contributed by atoms with E-state index in [-0.39, 0.29) is 16.4 Å². The molecule has 1 aliphatic heterocycles. The molecule has 3 atom stereocenters. The van der Waals surface area contributed by atoms with Gasteiger partial charge < -0.3 is 14.9 Å². The first kappa shape index (κ1) is 21.7. The fourth-order valence-electron chi connectivity index (χ4n) is 4.53. The normalized spacial score (nSPS) is 25.8. The molecule has 0 amide bonds. The van der Waals surface area contributed by atoms with E-state index in [1.54, 1.807) is 42.5 Å². The SMILES string of the molecule is CCCC[C@]1(CC)CS(=O)(=O)c2ccc(OC)cc2[C@@H](c2ccc(O)cc2)C1O. The number of aliphatic hydroxyl groups excluding tert-OH is 1. The summed E-state index contributed by atoms with van der Waals surface area (Å²) >= 11 is 0. The van der Waals surface area contributed by atoms with Gasteiger partial charge in [0.1, 0.15) is 11.5 Å². The second kappa shape index (κ2) is 8.36. The number of benzene rings is 2. The smallest absolute Gasteiger partial charge is 0.179 e. The van der Waals surface area contributed by atoms with Gasteiger partial charge in [-0.1, -0.05) is 38.8 Å². The Morgan fingerprint density at radius 2 is 1.83 bits per heavy atom. The molecule has 0 aromatic heterocycles. The maximum Gasteiger partial charge on any atom is 0.179 e. The number of unbranched alkanes of at least 4 members (excludes halogenated alkanes) is 1. The van der Waals surface area contributed by atoms with Crippen molar-refractivity contribution in [3.63, 3.8) is 0 Å². The van der Waals surface area contributed by atoms with E-state index in [9.17, 15) is 18.6 Å². The zero-order valence-electron chi connectivity index (χ0n) is 17.3. The summed E-state index contributed by atoms with van der Waals surface area (Å²) in [6, 6.07) is 11.6. The van der Waals surface area contributed by atoms with Gasteiger partial charge in [0.25, 0.3) is 0 Å². The van der Waals surface area contributed by atoms with Gasteiger partial charge in [-0.15, -0.1) is 0 Å². The summed E-state index contributed by atoms with van der Waals surface area (Å²) in [6.07, 6.45) is 2.10. The van der Waals surface area contributed by atoms with E-state index in [4.69, 9.17) is 4.74 Å². The minimum Gasteiger partial charge on any atom is -0.508 e. The van der Waals surface area contributed by atoms with Crippen molar-refractivity contribution in [2.45, 2.75) is 56.4 Å². The molecule has 0 saturated heterocycles. The molecule has 6 heteroatoms. The molecule has 29 heavy (non-hydrogen) atoms. The van der Waals surface area contributed by atoms with Crippen LogP contribution in [0.4, 0.5) is 0 Å². The summed E-state index contributed by atoms with van der Waals surface area (Å²) in [6.45, 7) is 4.02. The quantitative estimate of drug-likeness (QED) is 0.732. The third-order valence-electron chi connectivity index (χ3n) is 6.29. The Hall–Kier alpha value is -2.05. The zero-order valence-corrected chi connectivity index (χ0v) is 18.1. The summed E-state index contributed by atoms with van der Waals surface area (Å²) < 4.78 is 32.2. The van der Waals surface area contributed by atoms with Crippen molar-refractivity contribution in [2.75, 3.05) is 12.9 Å². The number of fused-ring (bicyclic) bond motifs is 1. The summed E-state index contributed by atoms with van der Waals surface area (Å²) in [7, 11) is -2.06. The Balaban J connectivity index is 2.29. The van der Waals surface area contributed by atoms with Crippen LogP contribution >= 0.6 is 0 Å². The van der Waals surface area contributed by atoms with Crippen LogP contribution in [-0.4, -0.2) is 37.6 Å². The number of hydrogen-bond donors (Lipinski definition) is 2. The van der Waals surface area contributed by atoms with E-state index in [1.165, 1.54) is 7.11 Å². The number of phenols is 1. The Bertz CT molecular complexity index is 952. The van der Waals surface area contributed by atoms with Gasteiger partial charge >= 0.3 is 0 Å². The van der Waals surface area contributed by atoms with E-state index in [1.807, 2.05) is 6.92 Å². The standard InChI is InChI=1S/C23H30O5S/c1-4-6-13-23(5-2)15-29(26,27)20-12-11-18(28-3)14-19(20)21(22(23)25)16-7-9-17(24)10-8-16/h7-12,14,21-22,24-25H,4-6,13,15H2,1-3H3/t21-,22?,23-/m1/s1. The Labute approximate surface area is 173 Å². The third-order valence-corrected chi connectivity index (χ3v) is 8.29. The van der Waals surface area contributed by atoms with Crippen molar-refractivity contribution in [3.8, 4) is 11.5 Å². The fraction of sp³-hybridized carbons (Fsp3) is 0.478. The summed E-state index contributed by atoms with van der Waals surface area (Å²) in [4.78, 5) is 0.252. The summed E-state index contributed by atoms with van der Waals surface area (Å²) in [5.41, 5.74) is 0.578. The highest BCUT2D eigenvalue weighted by molar-refractivity contribution is 7.91.